The van der Waals surface area contributed by atoms with Crippen LogP contribution >= 0.6 is 0 Å². The molecule has 0 aromatic heterocycles. The molecular weight excluding hydrogens is 224 g/mol. The van der Waals surface area contributed by atoms with Crippen LogP contribution in [0.1, 0.15) is 40.0 Å². The second-order valence-electron chi connectivity index (χ2n) is 4.38. The number of para-hydroxylation sites is 1. The molecule has 0 aliphatic rings. The Morgan fingerprint density at radius 2 is 1.67 bits per heavy atom. The minimum atomic E-state index is -0.0382. The van der Waals surface area contributed by atoms with Crippen LogP contribution < -0.4 is 16.6 Å². The normalized spacial score (nSPS) is 12.3. The van der Waals surface area contributed by atoms with E-state index in [0.29, 0.717) is 5.96 Å². The van der Waals surface area contributed by atoms with E-state index in [9.17, 15) is 0 Å². The van der Waals surface area contributed by atoms with E-state index in [0.717, 1.165) is 24.9 Å². The third-order valence-corrected chi connectivity index (χ3v) is 3.50. The first-order valence-corrected chi connectivity index (χ1v) is 6.58. The zero-order valence-corrected chi connectivity index (χ0v) is 11.5. The number of nitrogens with one attached hydrogen (secondary N) is 2. The third kappa shape index (κ3) is 3.74. The number of rotatable bonds is 5. The van der Waals surface area contributed by atoms with Gasteiger partial charge >= 0.3 is 0 Å². The molecule has 0 atom stereocenters. The number of nitrogens with zero attached hydrogens (tertiary/aromatic N) is 1. The van der Waals surface area contributed by atoms with Gasteiger partial charge in [0.05, 0.1) is 5.54 Å². The molecule has 1 rings (SSSR count). The van der Waals surface area contributed by atoms with Crippen LogP contribution in [0, 0.1) is 0 Å². The standard InChI is InChI=1S/C14H24N4/c1-4-14(5-2,6-3)17-13(18-15)16-12-10-8-7-9-11-12/h7-11H,4-6,15H2,1-3H3,(H2,16,17,18). The molecule has 0 saturated carbocycles. The van der Waals surface area contributed by atoms with Gasteiger partial charge in [-0.2, -0.15) is 0 Å². The molecule has 0 heterocycles. The lowest BCUT2D eigenvalue weighted by atomic mass is 9.91. The highest BCUT2D eigenvalue weighted by Gasteiger charge is 2.23. The Bertz CT molecular complexity index is 360. The van der Waals surface area contributed by atoms with Crippen LogP contribution in [0.15, 0.2) is 35.3 Å². The average Bonchev–Trinajstić information content (AvgIpc) is 2.45. The van der Waals surface area contributed by atoms with Gasteiger partial charge in [0.1, 0.15) is 0 Å². The van der Waals surface area contributed by atoms with E-state index in [-0.39, 0.29) is 5.54 Å². The number of guanidine groups is 1. The second kappa shape index (κ2) is 7.01. The Morgan fingerprint density at radius 1 is 1.11 bits per heavy atom. The van der Waals surface area contributed by atoms with Gasteiger partial charge in [0.15, 0.2) is 0 Å². The highest BCUT2D eigenvalue weighted by Crippen LogP contribution is 2.24. The Morgan fingerprint density at radius 3 is 2.11 bits per heavy atom. The maximum Gasteiger partial charge on any atom is 0.210 e. The minimum absolute atomic E-state index is 0.0382. The smallest absolute Gasteiger partial charge is 0.210 e. The van der Waals surface area contributed by atoms with Crippen LogP contribution in [0.5, 0.6) is 0 Å². The van der Waals surface area contributed by atoms with Crippen molar-refractivity contribution < 1.29 is 0 Å². The second-order valence-corrected chi connectivity index (χ2v) is 4.38. The summed E-state index contributed by atoms with van der Waals surface area (Å²) in [6.45, 7) is 6.48. The molecule has 4 nitrogen and oxygen atoms in total. The summed E-state index contributed by atoms with van der Waals surface area (Å²) >= 11 is 0. The molecule has 0 aliphatic heterocycles. The number of aliphatic imine (C=N–C) groups is 1. The molecule has 0 aliphatic carbocycles. The SMILES string of the molecule is CCC(CC)(CC)N=C(NN)Nc1ccccc1. The Labute approximate surface area is 110 Å². The van der Waals surface area contributed by atoms with Crippen molar-refractivity contribution in [2.45, 2.75) is 45.6 Å². The summed E-state index contributed by atoms with van der Waals surface area (Å²) in [4.78, 5) is 4.75. The van der Waals surface area contributed by atoms with E-state index < -0.39 is 0 Å². The quantitative estimate of drug-likeness (QED) is 0.325. The summed E-state index contributed by atoms with van der Waals surface area (Å²) in [5, 5.41) is 3.20. The molecule has 0 amide bonds. The van der Waals surface area contributed by atoms with Crippen LogP contribution in [-0.4, -0.2) is 11.5 Å². The summed E-state index contributed by atoms with van der Waals surface area (Å²) in [5.41, 5.74) is 3.59. The van der Waals surface area contributed by atoms with Gasteiger partial charge in [-0.25, -0.2) is 10.8 Å². The van der Waals surface area contributed by atoms with Crippen molar-refractivity contribution in [2.75, 3.05) is 5.32 Å². The first-order chi connectivity index (χ1) is 8.69. The molecule has 0 bridgehead atoms. The predicted molar refractivity (Wildman–Crippen MR) is 78.4 cm³/mol. The van der Waals surface area contributed by atoms with E-state index in [1.807, 2.05) is 30.3 Å². The van der Waals surface area contributed by atoms with Crippen molar-refractivity contribution in [1.82, 2.24) is 5.43 Å². The zero-order valence-electron chi connectivity index (χ0n) is 11.5. The number of hydrogen-bond acceptors (Lipinski definition) is 2. The fourth-order valence-electron chi connectivity index (χ4n) is 1.98. The molecule has 4 heteroatoms. The van der Waals surface area contributed by atoms with E-state index in [1.54, 1.807) is 0 Å². The predicted octanol–water partition coefficient (Wildman–Crippen LogP) is 2.89. The molecule has 4 N–H and O–H groups in total. The van der Waals surface area contributed by atoms with Crippen molar-refractivity contribution in [3.63, 3.8) is 0 Å². The molecule has 0 spiro atoms. The molecule has 1 aromatic rings. The van der Waals surface area contributed by atoms with Crippen LogP contribution in [0.3, 0.4) is 0 Å². The average molecular weight is 248 g/mol. The molecule has 0 radical (unpaired) electrons. The maximum atomic E-state index is 5.55. The Kier molecular flexibility index (Phi) is 5.65. The van der Waals surface area contributed by atoms with Crippen LogP contribution in [0.2, 0.25) is 0 Å². The molecule has 100 valence electrons. The fourth-order valence-corrected chi connectivity index (χ4v) is 1.98. The van der Waals surface area contributed by atoms with E-state index in [2.05, 4.69) is 31.5 Å². The summed E-state index contributed by atoms with van der Waals surface area (Å²) in [6.07, 6.45) is 3.00. The fraction of sp³-hybridized carbons (Fsp3) is 0.500. The van der Waals surface area contributed by atoms with Crippen molar-refractivity contribution in [2.24, 2.45) is 10.8 Å². The molecule has 0 fully saturated rings. The minimum Gasteiger partial charge on any atom is -0.325 e. The molecule has 0 unspecified atom stereocenters. The number of benzene rings is 1. The summed E-state index contributed by atoms with van der Waals surface area (Å²) in [6, 6.07) is 9.90. The van der Waals surface area contributed by atoms with Crippen LogP contribution in [0.25, 0.3) is 0 Å². The zero-order chi connectivity index (χ0) is 13.4. The summed E-state index contributed by atoms with van der Waals surface area (Å²) in [5.74, 6) is 6.17. The number of hydrazine groups is 1. The number of anilines is 1. The van der Waals surface area contributed by atoms with Gasteiger partial charge in [0, 0.05) is 5.69 Å². The highest BCUT2D eigenvalue weighted by atomic mass is 15.3. The van der Waals surface area contributed by atoms with Gasteiger partial charge < -0.3 is 5.32 Å². The van der Waals surface area contributed by atoms with Crippen LogP contribution in [0.4, 0.5) is 5.69 Å². The monoisotopic (exact) mass is 248 g/mol. The van der Waals surface area contributed by atoms with Crippen molar-refractivity contribution in [3.8, 4) is 0 Å². The topological polar surface area (TPSA) is 62.4 Å². The molecular formula is C14H24N4. The lowest BCUT2D eigenvalue weighted by molar-refractivity contribution is 0.385. The van der Waals surface area contributed by atoms with Gasteiger partial charge in [-0.1, -0.05) is 39.0 Å². The highest BCUT2D eigenvalue weighted by molar-refractivity contribution is 5.93. The first kappa shape index (κ1) is 14.5. The summed E-state index contributed by atoms with van der Waals surface area (Å²) < 4.78 is 0. The first-order valence-electron chi connectivity index (χ1n) is 6.58. The van der Waals surface area contributed by atoms with Crippen molar-refractivity contribution in [1.29, 1.82) is 0 Å². The molecule has 18 heavy (non-hydrogen) atoms. The van der Waals surface area contributed by atoms with Gasteiger partial charge in [-0.15, -0.1) is 0 Å². The van der Waals surface area contributed by atoms with Crippen molar-refractivity contribution in [3.05, 3.63) is 30.3 Å². The van der Waals surface area contributed by atoms with Gasteiger partial charge in [-0.3, -0.25) is 5.43 Å². The van der Waals surface area contributed by atoms with Gasteiger partial charge in [-0.05, 0) is 31.4 Å². The van der Waals surface area contributed by atoms with E-state index in [1.165, 1.54) is 0 Å². The van der Waals surface area contributed by atoms with E-state index in [4.69, 9.17) is 10.8 Å². The van der Waals surface area contributed by atoms with Gasteiger partial charge in [0.25, 0.3) is 0 Å². The van der Waals surface area contributed by atoms with Crippen molar-refractivity contribution >= 4 is 11.6 Å². The number of hydrogen-bond donors (Lipinski definition) is 3. The largest absolute Gasteiger partial charge is 0.325 e. The van der Waals surface area contributed by atoms with E-state index >= 15 is 0 Å². The lowest BCUT2D eigenvalue weighted by Gasteiger charge is -2.27. The maximum absolute atomic E-state index is 5.55. The number of nitrogens with two attached hydrogens (primary N) is 1. The molecule has 1 aromatic carbocycles. The van der Waals surface area contributed by atoms with Gasteiger partial charge in [0.2, 0.25) is 5.96 Å². The summed E-state index contributed by atoms with van der Waals surface area (Å²) in [7, 11) is 0. The Hall–Kier alpha value is -1.55. The molecule has 0 saturated heterocycles. The third-order valence-electron chi connectivity index (χ3n) is 3.50. The Balaban J connectivity index is 2.88. The lowest BCUT2D eigenvalue weighted by Crippen LogP contribution is -2.39. The van der Waals surface area contributed by atoms with Crippen LogP contribution in [-0.2, 0) is 0 Å².